The van der Waals surface area contributed by atoms with Gasteiger partial charge in [-0.05, 0) is 46.6 Å². The smallest absolute Gasteiger partial charge is 0.374 e. The predicted octanol–water partition coefficient (Wildman–Crippen LogP) is 3.90. The molecule has 0 aliphatic heterocycles. The second-order valence-electron chi connectivity index (χ2n) is 5.58. The molecule has 0 aliphatic rings. The molecule has 0 aromatic heterocycles. The van der Waals surface area contributed by atoms with E-state index < -0.39 is 12.6 Å². The molecule has 0 spiro atoms. The first-order valence-corrected chi connectivity index (χ1v) is 6.58. The van der Waals surface area contributed by atoms with Crippen molar-refractivity contribution in [3.8, 4) is 0 Å². The first kappa shape index (κ1) is 17.7. The number of nitrogens with one attached hydrogen (secondary N) is 1. The third kappa shape index (κ3) is 12.2. The molecule has 0 bridgehead atoms. The molecule has 5 heteroatoms. The van der Waals surface area contributed by atoms with Crippen molar-refractivity contribution in [2.75, 3.05) is 13.2 Å². The second kappa shape index (κ2) is 8.00. The Morgan fingerprint density at radius 2 is 1.78 bits per heavy atom. The minimum Gasteiger partial charge on any atom is -0.374 e. The van der Waals surface area contributed by atoms with Gasteiger partial charge in [0.25, 0.3) is 0 Å². The number of rotatable bonds is 8. The quantitative estimate of drug-likeness (QED) is 0.721. The Balaban J connectivity index is 3.99. The molecule has 0 saturated carbocycles. The summed E-state index contributed by atoms with van der Waals surface area (Å²) in [5.41, 5.74) is -0.254. The maximum atomic E-state index is 12.1. The Bertz CT molecular complexity index is 211. The fraction of sp³-hybridized carbons (Fsp3) is 1.00. The Labute approximate surface area is 108 Å². The SMILES string of the molecule is CCCNC(CCCC(F)(F)F)COC(C)(C)C. The molecule has 1 unspecified atom stereocenters. The normalized spacial score (nSPS) is 14.8. The van der Waals surface area contributed by atoms with Gasteiger partial charge in [0.2, 0.25) is 0 Å². The molecule has 1 atom stereocenters. The van der Waals surface area contributed by atoms with Crippen LogP contribution in [-0.2, 0) is 4.74 Å². The zero-order valence-corrected chi connectivity index (χ0v) is 11.9. The maximum Gasteiger partial charge on any atom is 0.389 e. The van der Waals surface area contributed by atoms with Crippen molar-refractivity contribution in [1.82, 2.24) is 5.32 Å². The standard InChI is InChI=1S/C13H26F3NO/c1-5-9-17-11(10-18-12(2,3)4)7-6-8-13(14,15)16/h11,17H,5-10H2,1-4H3. The zero-order valence-electron chi connectivity index (χ0n) is 11.9. The van der Waals surface area contributed by atoms with Gasteiger partial charge in [-0.3, -0.25) is 0 Å². The van der Waals surface area contributed by atoms with Crippen LogP contribution >= 0.6 is 0 Å². The van der Waals surface area contributed by atoms with Crippen molar-refractivity contribution in [3.63, 3.8) is 0 Å². The zero-order chi connectivity index (χ0) is 14.2. The highest BCUT2D eigenvalue weighted by molar-refractivity contribution is 4.70. The molecule has 0 radical (unpaired) electrons. The van der Waals surface area contributed by atoms with Gasteiger partial charge in [0.15, 0.2) is 0 Å². The van der Waals surface area contributed by atoms with E-state index in [0.717, 1.165) is 13.0 Å². The average molecular weight is 269 g/mol. The fourth-order valence-electron chi connectivity index (χ4n) is 1.49. The van der Waals surface area contributed by atoms with Crippen molar-refractivity contribution in [3.05, 3.63) is 0 Å². The summed E-state index contributed by atoms with van der Waals surface area (Å²) < 4.78 is 41.9. The topological polar surface area (TPSA) is 21.3 Å². The molecule has 1 N–H and O–H groups in total. The molecule has 0 aliphatic carbocycles. The van der Waals surface area contributed by atoms with E-state index in [-0.39, 0.29) is 18.1 Å². The average Bonchev–Trinajstić information content (AvgIpc) is 2.18. The first-order chi connectivity index (χ1) is 8.14. The van der Waals surface area contributed by atoms with E-state index >= 15 is 0 Å². The van der Waals surface area contributed by atoms with Crippen LogP contribution in [0.2, 0.25) is 0 Å². The van der Waals surface area contributed by atoms with E-state index in [1.165, 1.54) is 0 Å². The molecule has 0 aromatic carbocycles. The number of alkyl halides is 3. The lowest BCUT2D eigenvalue weighted by atomic mass is 10.1. The lowest BCUT2D eigenvalue weighted by Gasteiger charge is -2.25. The van der Waals surface area contributed by atoms with Gasteiger partial charge in [-0.2, -0.15) is 13.2 Å². The van der Waals surface area contributed by atoms with Gasteiger partial charge in [-0.25, -0.2) is 0 Å². The van der Waals surface area contributed by atoms with Crippen LogP contribution in [0, 0.1) is 0 Å². The van der Waals surface area contributed by atoms with Crippen molar-refractivity contribution >= 4 is 0 Å². The van der Waals surface area contributed by atoms with Crippen LogP contribution in [-0.4, -0.2) is 31.0 Å². The van der Waals surface area contributed by atoms with Gasteiger partial charge in [0.1, 0.15) is 0 Å². The molecular formula is C13H26F3NO. The van der Waals surface area contributed by atoms with Crippen LogP contribution in [0.5, 0.6) is 0 Å². The molecule has 0 fully saturated rings. The van der Waals surface area contributed by atoms with E-state index in [4.69, 9.17) is 4.74 Å². The van der Waals surface area contributed by atoms with E-state index in [1.54, 1.807) is 0 Å². The van der Waals surface area contributed by atoms with Crippen LogP contribution in [0.25, 0.3) is 0 Å². The molecule has 18 heavy (non-hydrogen) atoms. The Kier molecular flexibility index (Phi) is 7.87. The van der Waals surface area contributed by atoms with Gasteiger partial charge >= 0.3 is 6.18 Å². The van der Waals surface area contributed by atoms with Gasteiger partial charge in [-0.15, -0.1) is 0 Å². The fourth-order valence-corrected chi connectivity index (χ4v) is 1.49. The summed E-state index contributed by atoms with van der Waals surface area (Å²) in [6.07, 6.45) is -3.16. The summed E-state index contributed by atoms with van der Waals surface area (Å²) >= 11 is 0. The number of ether oxygens (including phenoxy) is 1. The highest BCUT2D eigenvalue weighted by Gasteiger charge is 2.26. The molecule has 0 saturated heterocycles. The predicted molar refractivity (Wildman–Crippen MR) is 67.7 cm³/mol. The summed E-state index contributed by atoms with van der Waals surface area (Å²) in [7, 11) is 0. The van der Waals surface area contributed by atoms with Crippen LogP contribution < -0.4 is 5.32 Å². The maximum absolute atomic E-state index is 12.1. The summed E-state index contributed by atoms with van der Waals surface area (Å²) in [6, 6.07) is 0.00604. The van der Waals surface area contributed by atoms with Crippen molar-refractivity contribution in [1.29, 1.82) is 0 Å². The number of hydrogen-bond donors (Lipinski definition) is 1. The third-order valence-corrected chi connectivity index (χ3v) is 2.41. The molecule has 0 rings (SSSR count). The van der Waals surface area contributed by atoms with Crippen LogP contribution in [0.1, 0.15) is 53.4 Å². The lowest BCUT2D eigenvalue weighted by molar-refractivity contribution is -0.136. The van der Waals surface area contributed by atoms with Gasteiger partial charge in [0.05, 0.1) is 12.2 Å². The minimum atomic E-state index is -4.06. The van der Waals surface area contributed by atoms with Gasteiger partial charge in [0, 0.05) is 12.5 Å². The van der Waals surface area contributed by atoms with E-state index in [1.807, 2.05) is 27.7 Å². The van der Waals surface area contributed by atoms with Crippen LogP contribution in [0.4, 0.5) is 13.2 Å². The molecule has 110 valence electrons. The Hall–Kier alpha value is -0.290. The third-order valence-electron chi connectivity index (χ3n) is 2.41. The van der Waals surface area contributed by atoms with E-state index in [0.29, 0.717) is 13.0 Å². The van der Waals surface area contributed by atoms with Gasteiger partial charge in [-0.1, -0.05) is 6.92 Å². The highest BCUT2D eigenvalue weighted by Crippen LogP contribution is 2.23. The van der Waals surface area contributed by atoms with E-state index in [2.05, 4.69) is 5.32 Å². The minimum absolute atomic E-state index is 0.00604. The van der Waals surface area contributed by atoms with E-state index in [9.17, 15) is 13.2 Å². The Morgan fingerprint density at radius 3 is 2.22 bits per heavy atom. The first-order valence-electron chi connectivity index (χ1n) is 6.58. The number of halogens is 3. The molecule has 0 heterocycles. The summed E-state index contributed by atoms with van der Waals surface area (Å²) in [5, 5.41) is 3.24. The molecule has 0 amide bonds. The Morgan fingerprint density at radius 1 is 1.17 bits per heavy atom. The van der Waals surface area contributed by atoms with Gasteiger partial charge < -0.3 is 10.1 Å². The summed E-state index contributed by atoms with van der Waals surface area (Å²) in [5.74, 6) is 0. The largest absolute Gasteiger partial charge is 0.389 e. The lowest BCUT2D eigenvalue weighted by Crippen LogP contribution is -2.37. The second-order valence-corrected chi connectivity index (χ2v) is 5.58. The molecule has 0 aromatic rings. The number of hydrogen-bond acceptors (Lipinski definition) is 2. The van der Waals surface area contributed by atoms with Crippen molar-refractivity contribution < 1.29 is 17.9 Å². The van der Waals surface area contributed by atoms with Crippen LogP contribution in [0.15, 0.2) is 0 Å². The highest BCUT2D eigenvalue weighted by atomic mass is 19.4. The van der Waals surface area contributed by atoms with Crippen LogP contribution in [0.3, 0.4) is 0 Å². The van der Waals surface area contributed by atoms with Crippen molar-refractivity contribution in [2.24, 2.45) is 0 Å². The monoisotopic (exact) mass is 269 g/mol. The molecular weight excluding hydrogens is 243 g/mol. The summed E-state index contributed by atoms with van der Waals surface area (Å²) in [6.45, 7) is 9.13. The molecule has 2 nitrogen and oxygen atoms in total. The summed E-state index contributed by atoms with van der Waals surface area (Å²) in [4.78, 5) is 0. The van der Waals surface area contributed by atoms with Crippen molar-refractivity contribution in [2.45, 2.75) is 71.2 Å².